The minimum Gasteiger partial charge on any atom is -0.508 e. The van der Waals surface area contributed by atoms with E-state index in [1.54, 1.807) is 30.3 Å². The van der Waals surface area contributed by atoms with Crippen molar-refractivity contribution in [1.29, 1.82) is 0 Å². The maximum atomic E-state index is 13.1. The molecular formula is C22H15N3O6. The van der Waals surface area contributed by atoms with Crippen molar-refractivity contribution in [2.45, 2.75) is 12.0 Å². The number of furan rings is 1. The number of carboxylic acid groups (broad SMARTS) is 1. The zero-order chi connectivity index (χ0) is 21.7. The van der Waals surface area contributed by atoms with Gasteiger partial charge in [0, 0.05) is 5.69 Å². The lowest BCUT2D eigenvalue weighted by molar-refractivity contribution is -0.134. The molecule has 0 aliphatic carbocycles. The highest BCUT2D eigenvalue weighted by Gasteiger charge is 2.51. The predicted molar refractivity (Wildman–Crippen MR) is 108 cm³/mol. The number of hydrogen-bond acceptors (Lipinski definition) is 6. The van der Waals surface area contributed by atoms with E-state index in [2.05, 4.69) is 9.97 Å². The number of hydrogen-bond donors (Lipinski definition) is 3. The van der Waals surface area contributed by atoms with Crippen molar-refractivity contribution in [3.8, 4) is 5.75 Å². The second-order valence-electron chi connectivity index (χ2n) is 7.16. The summed E-state index contributed by atoms with van der Waals surface area (Å²) < 4.78 is 5.51. The van der Waals surface area contributed by atoms with E-state index in [9.17, 15) is 24.6 Å². The molecule has 4 aromatic rings. The molecule has 1 fully saturated rings. The van der Waals surface area contributed by atoms with Crippen LogP contribution in [0.25, 0.3) is 11.0 Å². The summed E-state index contributed by atoms with van der Waals surface area (Å²) in [5.74, 6) is -3.71. The normalized spacial score (nSPS) is 18.8. The molecule has 9 heteroatoms. The number of rotatable bonds is 4. The van der Waals surface area contributed by atoms with Gasteiger partial charge in [-0.3, -0.25) is 14.5 Å². The Kier molecular flexibility index (Phi) is 4.11. The fraction of sp³-hybridized carbons (Fsp3) is 0.0909. The number of carboxylic acids is 1. The smallest absolute Gasteiger partial charge is 0.371 e. The largest absolute Gasteiger partial charge is 0.508 e. The van der Waals surface area contributed by atoms with Gasteiger partial charge in [-0.2, -0.15) is 0 Å². The number of aromatic hydroxyl groups is 1. The summed E-state index contributed by atoms with van der Waals surface area (Å²) in [6, 6.07) is 12.9. The summed E-state index contributed by atoms with van der Waals surface area (Å²) in [5, 5.41) is 18.9. The van der Waals surface area contributed by atoms with Crippen LogP contribution in [0.3, 0.4) is 0 Å². The van der Waals surface area contributed by atoms with E-state index in [-0.39, 0.29) is 17.3 Å². The van der Waals surface area contributed by atoms with Gasteiger partial charge in [-0.15, -0.1) is 0 Å². The Morgan fingerprint density at radius 3 is 2.55 bits per heavy atom. The first kappa shape index (κ1) is 18.6. The fourth-order valence-corrected chi connectivity index (χ4v) is 3.96. The molecule has 2 aromatic carbocycles. The highest BCUT2D eigenvalue weighted by molar-refractivity contribution is 6.46. The molecular weight excluding hydrogens is 402 g/mol. The molecule has 154 valence electrons. The SMILES string of the molecule is O=C(O)c1ccc(C2C(c3ccc(O)cc3)C(=O)C(=O)N2c2ccc3nc[nH]c3c2)o1. The monoisotopic (exact) mass is 417 g/mol. The van der Waals surface area contributed by atoms with E-state index in [1.165, 1.54) is 35.5 Å². The van der Waals surface area contributed by atoms with Crippen molar-refractivity contribution in [3.63, 3.8) is 0 Å². The molecule has 0 bridgehead atoms. The molecule has 2 aromatic heterocycles. The highest BCUT2D eigenvalue weighted by Crippen LogP contribution is 2.45. The third-order valence-corrected chi connectivity index (χ3v) is 5.37. The molecule has 1 amide bonds. The lowest BCUT2D eigenvalue weighted by Crippen LogP contribution is -2.29. The van der Waals surface area contributed by atoms with Gasteiger partial charge in [-0.1, -0.05) is 12.1 Å². The summed E-state index contributed by atoms with van der Waals surface area (Å²) in [7, 11) is 0. The van der Waals surface area contributed by atoms with Gasteiger partial charge in [0.15, 0.2) is 0 Å². The van der Waals surface area contributed by atoms with Crippen LogP contribution in [0.1, 0.15) is 33.8 Å². The number of Topliss-reactive ketones (excluding diaryl/α,β-unsaturated/α-hetero) is 1. The van der Waals surface area contributed by atoms with Crippen molar-refractivity contribution in [2.75, 3.05) is 4.90 Å². The molecule has 1 aliphatic heterocycles. The first-order valence-electron chi connectivity index (χ1n) is 9.36. The number of carbonyl (C=O) groups is 3. The molecule has 2 atom stereocenters. The van der Waals surface area contributed by atoms with E-state index < -0.39 is 29.6 Å². The number of aromatic carboxylic acids is 1. The van der Waals surface area contributed by atoms with Crippen LogP contribution < -0.4 is 4.90 Å². The lowest BCUT2D eigenvalue weighted by Gasteiger charge is -2.26. The Hall–Kier alpha value is -4.40. The standard InChI is InChI=1S/C22H15N3O6/c26-13-4-1-11(2-5-13)18-19(16-7-8-17(31-16)22(29)30)25(21(28)20(18)27)12-3-6-14-15(9-12)24-10-23-14/h1-10,18-19,26H,(H,23,24)(H,29,30). The maximum Gasteiger partial charge on any atom is 0.371 e. The molecule has 3 heterocycles. The van der Waals surface area contributed by atoms with Gasteiger partial charge in [-0.25, -0.2) is 9.78 Å². The first-order chi connectivity index (χ1) is 14.9. The number of amides is 1. The van der Waals surface area contributed by atoms with Crippen molar-refractivity contribution < 1.29 is 29.0 Å². The third-order valence-electron chi connectivity index (χ3n) is 5.37. The first-order valence-corrected chi connectivity index (χ1v) is 9.36. The Balaban J connectivity index is 1.68. The number of nitrogens with zero attached hydrogens (tertiary/aromatic N) is 2. The van der Waals surface area contributed by atoms with E-state index in [1.807, 2.05) is 0 Å². The van der Waals surface area contributed by atoms with Gasteiger partial charge < -0.3 is 19.6 Å². The molecule has 5 rings (SSSR count). The topological polar surface area (TPSA) is 137 Å². The van der Waals surface area contributed by atoms with Gasteiger partial charge in [0.25, 0.3) is 5.91 Å². The van der Waals surface area contributed by atoms with Gasteiger partial charge in [-0.05, 0) is 48.0 Å². The highest BCUT2D eigenvalue weighted by atomic mass is 16.4. The van der Waals surface area contributed by atoms with E-state index >= 15 is 0 Å². The van der Waals surface area contributed by atoms with Gasteiger partial charge >= 0.3 is 5.97 Å². The number of fused-ring (bicyclic) bond motifs is 1. The average Bonchev–Trinajstić information content (AvgIpc) is 3.47. The fourth-order valence-electron chi connectivity index (χ4n) is 3.96. The molecule has 1 aliphatic rings. The number of phenolic OH excluding ortho intramolecular Hbond substituents is 1. The number of H-pyrrole nitrogens is 1. The van der Waals surface area contributed by atoms with Crippen LogP contribution in [0.5, 0.6) is 5.75 Å². The predicted octanol–water partition coefficient (Wildman–Crippen LogP) is 3.00. The minimum absolute atomic E-state index is 0.0183. The van der Waals surface area contributed by atoms with Crippen molar-refractivity contribution in [3.05, 3.63) is 78.0 Å². The van der Waals surface area contributed by atoms with Gasteiger partial charge in [0.1, 0.15) is 17.6 Å². The number of imidazole rings is 1. The van der Waals surface area contributed by atoms with Crippen LogP contribution in [0.2, 0.25) is 0 Å². The zero-order valence-corrected chi connectivity index (χ0v) is 15.9. The Morgan fingerprint density at radius 2 is 1.84 bits per heavy atom. The van der Waals surface area contributed by atoms with Crippen molar-refractivity contribution in [1.82, 2.24) is 9.97 Å². The van der Waals surface area contributed by atoms with Crippen molar-refractivity contribution in [2.24, 2.45) is 0 Å². The average molecular weight is 417 g/mol. The van der Waals surface area contributed by atoms with Crippen LogP contribution in [0.4, 0.5) is 5.69 Å². The zero-order valence-electron chi connectivity index (χ0n) is 15.9. The Bertz CT molecular complexity index is 1340. The maximum absolute atomic E-state index is 13.1. The van der Waals surface area contributed by atoms with Crippen molar-refractivity contribution >= 4 is 34.4 Å². The number of aromatic amines is 1. The summed E-state index contributed by atoms with van der Waals surface area (Å²) in [5.41, 5.74) is 2.31. The van der Waals surface area contributed by atoms with Gasteiger partial charge in [0.05, 0.1) is 23.3 Å². The quantitative estimate of drug-likeness (QED) is 0.434. The molecule has 31 heavy (non-hydrogen) atoms. The molecule has 0 radical (unpaired) electrons. The van der Waals surface area contributed by atoms with Crippen LogP contribution in [-0.2, 0) is 9.59 Å². The van der Waals surface area contributed by atoms with Gasteiger partial charge in [0.2, 0.25) is 11.5 Å². The molecule has 3 N–H and O–H groups in total. The van der Waals surface area contributed by atoms with E-state index in [0.29, 0.717) is 22.3 Å². The molecule has 0 spiro atoms. The summed E-state index contributed by atoms with van der Waals surface area (Å²) in [4.78, 5) is 46.0. The number of benzene rings is 2. The second-order valence-corrected chi connectivity index (χ2v) is 7.16. The molecule has 2 unspecified atom stereocenters. The van der Waals surface area contributed by atoms with E-state index in [4.69, 9.17) is 4.42 Å². The van der Waals surface area contributed by atoms with E-state index in [0.717, 1.165) is 0 Å². The summed E-state index contributed by atoms with van der Waals surface area (Å²) in [6.45, 7) is 0. The second kappa shape index (κ2) is 6.84. The number of aromatic nitrogens is 2. The van der Waals surface area contributed by atoms with Crippen LogP contribution >= 0.6 is 0 Å². The summed E-state index contributed by atoms with van der Waals surface area (Å²) >= 11 is 0. The van der Waals surface area contributed by atoms with Crippen LogP contribution in [0.15, 0.2) is 65.3 Å². The van der Waals surface area contributed by atoms with Crippen LogP contribution in [-0.4, -0.2) is 37.8 Å². The molecule has 0 saturated carbocycles. The minimum atomic E-state index is -1.26. The lowest BCUT2D eigenvalue weighted by atomic mass is 9.89. The number of anilines is 1. The number of ketones is 1. The number of carbonyl (C=O) groups excluding carboxylic acids is 2. The number of phenols is 1. The Morgan fingerprint density at radius 1 is 1.06 bits per heavy atom. The third kappa shape index (κ3) is 2.94. The Labute approximate surface area is 174 Å². The van der Waals surface area contributed by atoms with Crippen LogP contribution in [0, 0.1) is 0 Å². The summed E-state index contributed by atoms with van der Waals surface area (Å²) in [6.07, 6.45) is 1.52. The number of nitrogens with one attached hydrogen (secondary N) is 1. The molecule has 9 nitrogen and oxygen atoms in total. The molecule has 1 saturated heterocycles.